The van der Waals surface area contributed by atoms with Crippen molar-refractivity contribution < 1.29 is 0 Å². The molecule has 0 saturated heterocycles. The lowest BCUT2D eigenvalue weighted by atomic mass is 9.95. The van der Waals surface area contributed by atoms with Crippen LogP contribution in [0.5, 0.6) is 0 Å². The first-order valence-corrected chi connectivity index (χ1v) is 5.64. The second kappa shape index (κ2) is 4.09. The van der Waals surface area contributed by atoms with E-state index in [1.807, 2.05) is 0 Å². The molecular formula is C14H19N. The highest BCUT2D eigenvalue weighted by atomic mass is 15.1. The van der Waals surface area contributed by atoms with Crippen LogP contribution in [0.25, 0.3) is 0 Å². The molecule has 0 aromatic rings. The van der Waals surface area contributed by atoms with Gasteiger partial charge in [-0.15, -0.1) is 0 Å². The number of rotatable bonds is 1. The van der Waals surface area contributed by atoms with Gasteiger partial charge >= 0.3 is 0 Å². The third-order valence-corrected chi connectivity index (χ3v) is 3.03. The lowest BCUT2D eigenvalue weighted by Crippen LogP contribution is -2.23. The second-order valence-corrected chi connectivity index (χ2v) is 4.65. The minimum atomic E-state index is 0.695. The number of nitrogens with zero attached hydrogens (tertiary/aromatic N) is 1. The van der Waals surface area contributed by atoms with E-state index in [9.17, 15) is 0 Å². The molecule has 0 aromatic heterocycles. The Hall–Kier alpha value is -1.24. The third kappa shape index (κ3) is 2.23. The fourth-order valence-electron chi connectivity index (χ4n) is 2.09. The van der Waals surface area contributed by atoms with Gasteiger partial charge in [-0.2, -0.15) is 0 Å². The van der Waals surface area contributed by atoms with Crippen LogP contribution >= 0.6 is 0 Å². The molecule has 0 unspecified atom stereocenters. The zero-order valence-electron chi connectivity index (χ0n) is 9.83. The van der Waals surface area contributed by atoms with Gasteiger partial charge in [0.2, 0.25) is 0 Å². The topological polar surface area (TPSA) is 3.24 Å². The van der Waals surface area contributed by atoms with Crippen molar-refractivity contribution in [1.29, 1.82) is 0 Å². The van der Waals surface area contributed by atoms with E-state index >= 15 is 0 Å². The van der Waals surface area contributed by atoms with Crippen molar-refractivity contribution >= 4 is 0 Å². The van der Waals surface area contributed by atoms with Crippen molar-refractivity contribution in [2.75, 3.05) is 13.6 Å². The summed E-state index contributed by atoms with van der Waals surface area (Å²) in [6, 6.07) is 0. The summed E-state index contributed by atoms with van der Waals surface area (Å²) >= 11 is 0. The van der Waals surface area contributed by atoms with E-state index in [1.165, 1.54) is 23.3 Å². The number of allylic oxidation sites excluding steroid dienone is 5. The first-order chi connectivity index (χ1) is 7.16. The molecule has 0 fully saturated rings. The van der Waals surface area contributed by atoms with Gasteiger partial charge < -0.3 is 4.90 Å². The van der Waals surface area contributed by atoms with Gasteiger partial charge in [0.1, 0.15) is 0 Å². The van der Waals surface area contributed by atoms with Crippen LogP contribution in [0.4, 0.5) is 0 Å². The zero-order valence-corrected chi connectivity index (χ0v) is 9.83. The molecule has 1 aliphatic carbocycles. The smallest absolute Gasteiger partial charge is 0.0436 e. The average Bonchev–Trinajstić information content (AvgIpc) is 2.20. The fourth-order valence-corrected chi connectivity index (χ4v) is 2.09. The molecule has 1 heteroatoms. The Kier molecular flexibility index (Phi) is 2.81. The van der Waals surface area contributed by atoms with E-state index in [4.69, 9.17) is 0 Å². The Bertz CT molecular complexity index is 369. The quantitative estimate of drug-likeness (QED) is 0.629. The van der Waals surface area contributed by atoms with Crippen LogP contribution in [0.15, 0.2) is 47.2 Å². The van der Waals surface area contributed by atoms with Crippen LogP contribution < -0.4 is 0 Å². The molecule has 2 rings (SSSR count). The highest BCUT2D eigenvalue weighted by Crippen LogP contribution is 2.25. The summed E-state index contributed by atoms with van der Waals surface area (Å²) in [6.07, 6.45) is 12.5. The Morgan fingerprint density at radius 1 is 1.33 bits per heavy atom. The van der Waals surface area contributed by atoms with Crippen molar-refractivity contribution in [3.05, 3.63) is 47.2 Å². The Labute approximate surface area is 92.5 Å². The molecule has 15 heavy (non-hydrogen) atoms. The first-order valence-electron chi connectivity index (χ1n) is 5.64. The lowest BCUT2D eigenvalue weighted by molar-refractivity contribution is 0.456. The van der Waals surface area contributed by atoms with Crippen molar-refractivity contribution in [1.82, 2.24) is 4.90 Å². The van der Waals surface area contributed by atoms with Gasteiger partial charge in [0.25, 0.3) is 0 Å². The highest BCUT2D eigenvalue weighted by molar-refractivity contribution is 5.44. The first kappa shape index (κ1) is 10.3. The van der Waals surface area contributed by atoms with Gasteiger partial charge in [0.05, 0.1) is 0 Å². The molecule has 1 nitrogen and oxygen atoms in total. The number of likely N-dealkylation sites (N-methyl/N-ethyl adjacent to an activating group) is 1. The van der Waals surface area contributed by atoms with Crippen LogP contribution in [-0.4, -0.2) is 18.5 Å². The number of hydrogen-bond donors (Lipinski definition) is 0. The molecule has 0 N–H and O–H groups in total. The van der Waals surface area contributed by atoms with E-state index in [2.05, 4.69) is 56.2 Å². The maximum atomic E-state index is 2.35. The summed E-state index contributed by atoms with van der Waals surface area (Å²) in [5.74, 6) is 0.695. The molecule has 0 saturated carbocycles. The molecule has 80 valence electrons. The summed E-state index contributed by atoms with van der Waals surface area (Å²) in [4.78, 5) is 2.32. The van der Waals surface area contributed by atoms with Gasteiger partial charge in [-0.1, -0.05) is 36.8 Å². The monoisotopic (exact) mass is 201 g/mol. The van der Waals surface area contributed by atoms with Gasteiger partial charge in [0, 0.05) is 19.3 Å². The minimum Gasteiger partial charge on any atom is -0.370 e. The average molecular weight is 201 g/mol. The summed E-state index contributed by atoms with van der Waals surface area (Å²) in [7, 11) is 2.16. The largest absolute Gasteiger partial charge is 0.370 e. The molecule has 0 amide bonds. The van der Waals surface area contributed by atoms with Crippen molar-refractivity contribution in [2.45, 2.75) is 20.3 Å². The summed E-state index contributed by atoms with van der Waals surface area (Å²) < 4.78 is 0. The van der Waals surface area contributed by atoms with Crippen LogP contribution in [-0.2, 0) is 0 Å². The van der Waals surface area contributed by atoms with Crippen molar-refractivity contribution in [3.63, 3.8) is 0 Å². The number of hydrogen-bond acceptors (Lipinski definition) is 1. The van der Waals surface area contributed by atoms with Crippen LogP contribution in [0.3, 0.4) is 0 Å². The minimum absolute atomic E-state index is 0.695. The molecule has 0 bridgehead atoms. The van der Waals surface area contributed by atoms with Crippen LogP contribution in [0, 0.1) is 5.92 Å². The Morgan fingerprint density at radius 2 is 2.13 bits per heavy atom. The Morgan fingerprint density at radius 3 is 2.73 bits per heavy atom. The van der Waals surface area contributed by atoms with Gasteiger partial charge in [-0.05, 0) is 30.9 Å². The standard InChI is InChI=1S/C14H19N/c1-11-4-7-13(8-5-11)14-9-6-12(2)10-15(14)3/h4,6-9,11H,5,10H2,1-3H3/t11-/m1/s1. The van der Waals surface area contributed by atoms with Crippen molar-refractivity contribution in [3.8, 4) is 0 Å². The second-order valence-electron chi connectivity index (χ2n) is 4.65. The SMILES string of the molecule is CC1=CC=C(C2=CC[C@H](C)C=C2)N(C)C1. The summed E-state index contributed by atoms with van der Waals surface area (Å²) in [5, 5.41) is 0. The molecule has 2 aliphatic rings. The fraction of sp³-hybridized carbons (Fsp3) is 0.429. The molecule has 1 atom stereocenters. The van der Waals surface area contributed by atoms with Gasteiger partial charge in [0.15, 0.2) is 0 Å². The zero-order chi connectivity index (χ0) is 10.8. The predicted molar refractivity (Wildman–Crippen MR) is 65.5 cm³/mol. The molecule has 0 radical (unpaired) electrons. The molecule has 0 aromatic carbocycles. The molecule has 1 aliphatic heterocycles. The Balaban J connectivity index is 2.21. The molecule has 0 spiro atoms. The van der Waals surface area contributed by atoms with E-state index in [-0.39, 0.29) is 0 Å². The van der Waals surface area contributed by atoms with E-state index in [0.29, 0.717) is 5.92 Å². The predicted octanol–water partition coefficient (Wildman–Crippen LogP) is 3.28. The summed E-state index contributed by atoms with van der Waals surface area (Å²) in [5.41, 5.74) is 4.15. The van der Waals surface area contributed by atoms with Gasteiger partial charge in [-0.3, -0.25) is 0 Å². The molecule has 1 heterocycles. The van der Waals surface area contributed by atoms with Crippen LogP contribution in [0.1, 0.15) is 20.3 Å². The normalized spacial score (nSPS) is 25.9. The van der Waals surface area contributed by atoms with E-state index < -0.39 is 0 Å². The maximum absolute atomic E-state index is 2.35. The van der Waals surface area contributed by atoms with Crippen molar-refractivity contribution in [2.24, 2.45) is 5.92 Å². The maximum Gasteiger partial charge on any atom is 0.0436 e. The highest BCUT2D eigenvalue weighted by Gasteiger charge is 2.13. The lowest BCUT2D eigenvalue weighted by Gasteiger charge is -2.28. The van der Waals surface area contributed by atoms with E-state index in [1.54, 1.807) is 0 Å². The van der Waals surface area contributed by atoms with Gasteiger partial charge in [-0.25, -0.2) is 0 Å². The molecular weight excluding hydrogens is 182 g/mol. The summed E-state index contributed by atoms with van der Waals surface area (Å²) in [6.45, 7) is 5.48. The van der Waals surface area contributed by atoms with E-state index in [0.717, 1.165) is 6.54 Å². The van der Waals surface area contributed by atoms with Crippen LogP contribution in [0.2, 0.25) is 0 Å². The third-order valence-electron chi connectivity index (χ3n) is 3.03.